The minimum Gasteiger partial charge on any atom is -0.316 e. The van der Waals surface area contributed by atoms with Gasteiger partial charge in [0.15, 0.2) is 0 Å². The van der Waals surface area contributed by atoms with E-state index < -0.39 is 0 Å². The molecule has 0 bridgehead atoms. The molecule has 0 saturated carbocycles. The van der Waals surface area contributed by atoms with Gasteiger partial charge in [0.05, 0.1) is 5.69 Å². The number of rotatable bonds is 2. The molecule has 1 fully saturated rings. The van der Waals surface area contributed by atoms with E-state index in [1.165, 1.54) is 12.8 Å². The Morgan fingerprint density at radius 2 is 2.43 bits per heavy atom. The zero-order chi connectivity index (χ0) is 9.97. The van der Waals surface area contributed by atoms with Crippen molar-refractivity contribution in [2.75, 3.05) is 13.1 Å². The van der Waals surface area contributed by atoms with E-state index in [0.717, 1.165) is 18.8 Å². The van der Waals surface area contributed by atoms with Crippen LogP contribution in [0.1, 0.15) is 44.3 Å². The second-order valence-electron chi connectivity index (χ2n) is 4.26. The highest BCUT2D eigenvalue weighted by Crippen LogP contribution is 2.21. The molecule has 1 saturated heterocycles. The first-order chi connectivity index (χ1) is 6.77. The Hall–Kier alpha value is -0.900. The van der Waals surface area contributed by atoms with Gasteiger partial charge < -0.3 is 5.32 Å². The number of nitrogens with zero attached hydrogens (tertiary/aromatic N) is 3. The monoisotopic (exact) mass is 194 g/mol. The normalized spacial score (nSPS) is 22.9. The third-order valence-corrected chi connectivity index (χ3v) is 2.77. The molecule has 78 valence electrons. The van der Waals surface area contributed by atoms with Gasteiger partial charge in [-0.25, -0.2) is 4.68 Å². The van der Waals surface area contributed by atoms with Gasteiger partial charge in [0.1, 0.15) is 0 Å². The van der Waals surface area contributed by atoms with E-state index in [0.29, 0.717) is 12.0 Å². The lowest BCUT2D eigenvalue weighted by Crippen LogP contribution is -2.28. The predicted molar refractivity (Wildman–Crippen MR) is 55.3 cm³/mol. The van der Waals surface area contributed by atoms with Crippen LogP contribution in [0.4, 0.5) is 0 Å². The molecule has 4 nitrogen and oxygen atoms in total. The number of hydrogen-bond acceptors (Lipinski definition) is 3. The summed E-state index contributed by atoms with van der Waals surface area (Å²) in [6.45, 7) is 6.45. The van der Waals surface area contributed by atoms with Crippen LogP contribution in [0.5, 0.6) is 0 Å². The molecule has 1 aromatic heterocycles. The van der Waals surface area contributed by atoms with Crippen LogP contribution in [-0.2, 0) is 0 Å². The summed E-state index contributed by atoms with van der Waals surface area (Å²) in [6, 6.07) is 0.410. The lowest BCUT2D eigenvalue weighted by molar-refractivity contribution is 0.454. The third kappa shape index (κ3) is 1.95. The average molecular weight is 194 g/mol. The first kappa shape index (κ1) is 9.65. The van der Waals surface area contributed by atoms with Crippen molar-refractivity contribution in [1.82, 2.24) is 20.3 Å². The molecule has 4 heteroatoms. The van der Waals surface area contributed by atoms with E-state index in [4.69, 9.17) is 0 Å². The summed E-state index contributed by atoms with van der Waals surface area (Å²) < 4.78 is 1.93. The summed E-state index contributed by atoms with van der Waals surface area (Å²) in [4.78, 5) is 0. The quantitative estimate of drug-likeness (QED) is 0.772. The molecular formula is C10H18N4. The van der Waals surface area contributed by atoms with E-state index in [-0.39, 0.29) is 0 Å². The van der Waals surface area contributed by atoms with Gasteiger partial charge >= 0.3 is 0 Å². The average Bonchev–Trinajstić information content (AvgIpc) is 2.68. The summed E-state index contributed by atoms with van der Waals surface area (Å²) >= 11 is 0. The van der Waals surface area contributed by atoms with Crippen molar-refractivity contribution in [2.45, 2.75) is 38.6 Å². The SMILES string of the molecule is CC(C)n1cc(C2CCCNC2)nn1. The minimum atomic E-state index is 0.410. The fourth-order valence-electron chi connectivity index (χ4n) is 1.83. The zero-order valence-corrected chi connectivity index (χ0v) is 8.90. The molecule has 0 aromatic carbocycles. The molecule has 2 rings (SSSR count). The van der Waals surface area contributed by atoms with E-state index >= 15 is 0 Å². The molecule has 0 spiro atoms. The number of aromatic nitrogens is 3. The first-order valence-corrected chi connectivity index (χ1v) is 5.40. The van der Waals surface area contributed by atoms with E-state index in [1.807, 2.05) is 4.68 Å². The second kappa shape index (κ2) is 4.09. The lowest BCUT2D eigenvalue weighted by atomic mass is 9.97. The molecule has 0 aliphatic carbocycles. The van der Waals surface area contributed by atoms with Crippen molar-refractivity contribution >= 4 is 0 Å². The molecule has 14 heavy (non-hydrogen) atoms. The van der Waals surface area contributed by atoms with E-state index in [9.17, 15) is 0 Å². The molecule has 1 aliphatic heterocycles. The Morgan fingerprint density at radius 1 is 1.57 bits per heavy atom. The highest BCUT2D eigenvalue weighted by molar-refractivity contribution is 5.04. The smallest absolute Gasteiger partial charge is 0.0870 e. The van der Waals surface area contributed by atoms with Crippen molar-refractivity contribution in [3.63, 3.8) is 0 Å². The van der Waals surface area contributed by atoms with Crippen LogP contribution in [0, 0.1) is 0 Å². The molecule has 1 aromatic rings. The van der Waals surface area contributed by atoms with Gasteiger partial charge in [-0.1, -0.05) is 5.21 Å². The van der Waals surface area contributed by atoms with Gasteiger partial charge in [-0.05, 0) is 33.2 Å². The van der Waals surface area contributed by atoms with Crippen molar-refractivity contribution in [3.05, 3.63) is 11.9 Å². The summed E-state index contributed by atoms with van der Waals surface area (Å²) in [5.41, 5.74) is 1.14. The highest BCUT2D eigenvalue weighted by Gasteiger charge is 2.18. The Bertz CT molecular complexity index is 286. The third-order valence-electron chi connectivity index (χ3n) is 2.77. The van der Waals surface area contributed by atoms with Crippen LogP contribution >= 0.6 is 0 Å². The number of hydrogen-bond donors (Lipinski definition) is 1. The van der Waals surface area contributed by atoms with Gasteiger partial charge in [-0.2, -0.15) is 0 Å². The maximum absolute atomic E-state index is 4.23. The van der Waals surface area contributed by atoms with E-state index in [1.54, 1.807) is 0 Å². The van der Waals surface area contributed by atoms with Gasteiger partial charge in [-0.15, -0.1) is 5.10 Å². The van der Waals surface area contributed by atoms with Crippen LogP contribution in [0.2, 0.25) is 0 Å². The van der Waals surface area contributed by atoms with Gasteiger partial charge in [0, 0.05) is 24.7 Å². The van der Waals surface area contributed by atoms with Gasteiger partial charge in [-0.3, -0.25) is 0 Å². The Balaban J connectivity index is 2.07. The summed E-state index contributed by atoms with van der Waals surface area (Å²) in [6.07, 6.45) is 4.57. The minimum absolute atomic E-state index is 0.410. The molecule has 1 N–H and O–H groups in total. The van der Waals surface area contributed by atoms with Gasteiger partial charge in [0.25, 0.3) is 0 Å². The fourth-order valence-corrected chi connectivity index (χ4v) is 1.83. The van der Waals surface area contributed by atoms with Crippen molar-refractivity contribution in [1.29, 1.82) is 0 Å². The topological polar surface area (TPSA) is 42.7 Å². The van der Waals surface area contributed by atoms with Crippen LogP contribution in [-0.4, -0.2) is 28.1 Å². The lowest BCUT2D eigenvalue weighted by Gasteiger charge is -2.20. The zero-order valence-electron chi connectivity index (χ0n) is 8.90. The largest absolute Gasteiger partial charge is 0.316 e. The number of piperidine rings is 1. The van der Waals surface area contributed by atoms with Crippen molar-refractivity contribution in [3.8, 4) is 0 Å². The van der Waals surface area contributed by atoms with Crippen LogP contribution < -0.4 is 5.32 Å². The molecular weight excluding hydrogens is 176 g/mol. The first-order valence-electron chi connectivity index (χ1n) is 5.40. The van der Waals surface area contributed by atoms with E-state index in [2.05, 4.69) is 35.7 Å². The summed E-state index contributed by atoms with van der Waals surface area (Å²) in [7, 11) is 0. The van der Waals surface area contributed by atoms with Crippen LogP contribution in [0.25, 0.3) is 0 Å². The molecule has 2 heterocycles. The maximum Gasteiger partial charge on any atom is 0.0870 e. The second-order valence-corrected chi connectivity index (χ2v) is 4.26. The Morgan fingerprint density at radius 3 is 3.00 bits per heavy atom. The summed E-state index contributed by atoms with van der Waals surface area (Å²) in [5.74, 6) is 0.566. The Kier molecular flexibility index (Phi) is 2.82. The fraction of sp³-hybridized carbons (Fsp3) is 0.800. The molecule has 1 aliphatic rings. The number of nitrogens with one attached hydrogen (secondary N) is 1. The predicted octanol–water partition coefficient (Wildman–Crippen LogP) is 1.33. The van der Waals surface area contributed by atoms with Crippen molar-refractivity contribution in [2.24, 2.45) is 0 Å². The molecule has 1 atom stereocenters. The van der Waals surface area contributed by atoms with Gasteiger partial charge in [0.2, 0.25) is 0 Å². The molecule has 0 radical (unpaired) electrons. The standard InChI is InChI=1S/C10H18N4/c1-8(2)14-7-10(12-13-14)9-4-3-5-11-6-9/h7-9,11H,3-6H2,1-2H3. The Labute approximate surface area is 84.7 Å². The molecule has 1 unspecified atom stereocenters. The molecule has 0 amide bonds. The van der Waals surface area contributed by atoms with Crippen molar-refractivity contribution < 1.29 is 0 Å². The van der Waals surface area contributed by atoms with Crippen LogP contribution in [0.3, 0.4) is 0 Å². The maximum atomic E-state index is 4.23. The van der Waals surface area contributed by atoms with Crippen LogP contribution in [0.15, 0.2) is 6.20 Å². The highest BCUT2D eigenvalue weighted by atomic mass is 15.4. The summed E-state index contributed by atoms with van der Waals surface area (Å²) in [5, 5.41) is 11.8.